The molecule has 2 heterocycles. The zero-order valence-corrected chi connectivity index (χ0v) is 15.9. The van der Waals surface area contributed by atoms with Gasteiger partial charge in [-0.25, -0.2) is 0 Å². The lowest BCUT2D eigenvalue weighted by Gasteiger charge is -2.13. The van der Waals surface area contributed by atoms with Crippen LogP contribution in [0.15, 0.2) is 65.6 Å². The van der Waals surface area contributed by atoms with Gasteiger partial charge in [-0.2, -0.15) is 23.0 Å². The third-order valence-corrected chi connectivity index (χ3v) is 5.00. The molecule has 0 unspecified atom stereocenters. The second-order valence-corrected chi connectivity index (χ2v) is 6.96. The summed E-state index contributed by atoms with van der Waals surface area (Å²) in [6.07, 6.45) is -3.07. The molecule has 0 saturated carbocycles. The number of alkyl halides is 3. The Morgan fingerprint density at radius 1 is 0.931 bits per heavy atom. The number of halogens is 5. The highest BCUT2D eigenvalue weighted by molar-refractivity contribution is 6.42. The number of aromatic nitrogens is 3. The molecule has 0 radical (unpaired) electrons. The van der Waals surface area contributed by atoms with Crippen LogP contribution in [0.5, 0.6) is 0 Å². The van der Waals surface area contributed by atoms with Crippen molar-refractivity contribution in [3.05, 3.63) is 86.8 Å². The molecule has 0 aliphatic rings. The first-order chi connectivity index (χ1) is 13.8. The van der Waals surface area contributed by atoms with Crippen molar-refractivity contribution < 1.29 is 13.2 Å². The van der Waals surface area contributed by atoms with Crippen LogP contribution >= 0.6 is 23.2 Å². The lowest BCUT2D eigenvalue weighted by Crippen LogP contribution is -2.22. The van der Waals surface area contributed by atoms with Crippen molar-refractivity contribution in [2.75, 3.05) is 0 Å². The van der Waals surface area contributed by atoms with E-state index in [1.807, 2.05) is 0 Å². The Bertz CT molecular complexity index is 1300. The number of fused-ring (bicyclic) bond motifs is 1. The molecule has 2 aromatic heterocycles. The Morgan fingerprint density at radius 3 is 2.45 bits per heavy atom. The van der Waals surface area contributed by atoms with Crippen LogP contribution in [-0.2, 0) is 6.18 Å². The van der Waals surface area contributed by atoms with E-state index in [0.717, 1.165) is 16.8 Å². The highest BCUT2D eigenvalue weighted by Gasteiger charge is 2.31. The molecule has 9 heteroatoms. The minimum atomic E-state index is -4.52. The fraction of sp³-hybridized carbons (Fsp3) is 0.0500. The Labute approximate surface area is 172 Å². The minimum absolute atomic E-state index is 0.136. The lowest BCUT2D eigenvalue weighted by atomic mass is 10.1. The summed E-state index contributed by atoms with van der Waals surface area (Å²) < 4.78 is 40.6. The van der Waals surface area contributed by atoms with Crippen molar-refractivity contribution >= 4 is 34.1 Å². The van der Waals surface area contributed by atoms with E-state index in [4.69, 9.17) is 23.2 Å². The van der Waals surface area contributed by atoms with Crippen LogP contribution in [0, 0.1) is 0 Å². The van der Waals surface area contributed by atoms with Crippen molar-refractivity contribution in [3.8, 4) is 16.9 Å². The van der Waals surface area contributed by atoms with E-state index in [1.165, 1.54) is 36.5 Å². The summed E-state index contributed by atoms with van der Waals surface area (Å²) in [5.41, 5.74) is -0.471. The summed E-state index contributed by atoms with van der Waals surface area (Å²) >= 11 is 12.0. The average Bonchev–Trinajstić information content (AvgIpc) is 2.70. The van der Waals surface area contributed by atoms with Gasteiger partial charge in [0.2, 0.25) is 0 Å². The predicted octanol–water partition coefficient (Wildman–Crippen LogP) is 5.77. The largest absolute Gasteiger partial charge is 0.416 e. The number of benzene rings is 2. The molecule has 0 spiro atoms. The molecule has 0 saturated heterocycles. The molecule has 0 fully saturated rings. The molecule has 4 aromatic rings. The first-order valence-electron chi connectivity index (χ1n) is 8.27. The topological polar surface area (TPSA) is 47.8 Å². The Kier molecular flexibility index (Phi) is 4.80. The van der Waals surface area contributed by atoms with Crippen molar-refractivity contribution in [1.29, 1.82) is 0 Å². The molecule has 0 atom stereocenters. The molecule has 0 aliphatic carbocycles. The first-order valence-corrected chi connectivity index (χ1v) is 9.02. The van der Waals surface area contributed by atoms with Gasteiger partial charge >= 0.3 is 6.18 Å². The number of hydrogen-bond donors (Lipinski definition) is 0. The molecule has 2 aromatic carbocycles. The van der Waals surface area contributed by atoms with Gasteiger partial charge in [-0.15, -0.1) is 0 Å². The number of hydrogen-bond acceptors (Lipinski definition) is 3. The third-order valence-electron chi connectivity index (χ3n) is 4.27. The Balaban J connectivity index is 2.03. The summed E-state index contributed by atoms with van der Waals surface area (Å²) in [5.74, 6) is 0. The molecule has 0 bridgehead atoms. The maximum Gasteiger partial charge on any atom is 0.416 e. The summed E-state index contributed by atoms with van der Waals surface area (Å²) in [7, 11) is 0. The minimum Gasteiger partial charge on any atom is -0.267 e. The second kappa shape index (κ2) is 7.17. The van der Waals surface area contributed by atoms with Crippen molar-refractivity contribution in [1.82, 2.24) is 14.8 Å². The standard InChI is InChI=1S/C20H10Cl2F3N3O/c21-15-7-6-13(10-16(15)22)28-19(29)14-5-2-8-26-18(14)17(27-28)11-3-1-4-12(9-11)20(23,24)25/h1-10H. The monoisotopic (exact) mass is 435 g/mol. The van der Waals surface area contributed by atoms with Crippen LogP contribution in [0.3, 0.4) is 0 Å². The molecule has 0 N–H and O–H groups in total. The number of pyridine rings is 1. The van der Waals surface area contributed by atoms with Crippen molar-refractivity contribution in [2.45, 2.75) is 6.18 Å². The summed E-state index contributed by atoms with van der Waals surface area (Å²) in [6.45, 7) is 0. The van der Waals surface area contributed by atoms with Gasteiger partial charge in [0.25, 0.3) is 5.56 Å². The maximum absolute atomic E-state index is 13.2. The summed E-state index contributed by atoms with van der Waals surface area (Å²) in [4.78, 5) is 17.1. The van der Waals surface area contributed by atoms with Gasteiger partial charge in [-0.05, 0) is 42.5 Å². The first kappa shape index (κ1) is 19.4. The van der Waals surface area contributed by atoms with Gasteiger partial charge in [0.05, 0.1) is 26.7 Å². The highest BCUT2D eigenvalue weighted by Crippen LogP contribution is 2.33. The quantitative estimate of drug-likeness (QED) is 0.401. The fourth-order valence-electron chi connectivity index (χ4n) is 2.90. The van der Waals surface area contributed by atoms with Crippen molar-refractivity contribution in [3.63, 3.8) is 0 Å². The summed E-state index contributed by atoms with van der Waals surface area (Å²) in [6, 6.07) is 12.3. The highest BCUT2D eigenvalue weighted by atomic mass is 35.5. The Morgan fingerprint density at radius 2 is 1.72 bits per heavy atom. The van der Waals surface area contributed by atoms with Gasteiger partial charge < -0.3 is 0 Å². The molecular weight excluding hydrogens is 426 g/mol. The SMILES string of the molecule is O=c1c2cccnc2c(-c2cccc(C(F)(F)F)c2)nn1-c1ccc(Cl)c(Cl)c1. The van der Waals surface area contributed by atoms with Gasteiger partial charge in [0.15, 0.2) is 0 Å². The van der Waals surface area contributed by atoms with Gasteiger partial charge in [-0.3, -0.25) is 9.78 Å². The zero-order chi connectivity index (χ0) is 20.8. The van der Waals surface area contributed by atoms with E-state index >= 15 is 0 Å². The smallest absolute Gasteiger partial charge is 0.267 e. The van der Waals surface area contributed by atoms with Crippen molar-refractivity contribution in [2.24, 2.45) is 0 Å². The molecule has 0 amide bonds. The van der Waals surface area contributed by atoms with Crippen LogP contribution in [0.25, 0.3) is 27.8 Å². The lowest BCUT2D eigenvalue weighted by molar-refractivity contribution is -0.137. The van der Waals surface area contributed by atoms with Crippen LogP contribution < -0.4 is 5.56 Å². The number of nitrogens with zero attached hydrogens (tertiary/aromatic N) is 3. The van der Waals surface area contributed by atoms with E-state index in [0.29, 0.717) is 10.7 Å². The van der Waals surface area contributed by atoms with Gasteiger partial charge in [0, 0.05) is 11.8 Å². The molecule has 146 valence electrons. The molecule has 4 nitrogen and oxygen atoms in total. The normalized spacial score (nSPS) is 11.8. The average molecular weight is 436 g/mol. The molecule has 0 aliphatic heterocycles. The van der Waals surface area contributed by atoms with Crippen LogP contribution in [-0.4, -0.2) is 14.8 Å². The van der Waals surface area contributed by atoms with Crippen LogP contribution in [0.4, 0.5) is 13.2 Å². The van der Waals surface area contributed by atoms with E-state index < -0.39 is 17.3 Å². The third kappa shape index (κ3) is 3.59. The fourth-order valence-corrected chi connectivity index (χ4v) is 3.19. The number of rotatable bonds is 2. The van der Waals surface area contributed by atoms with E-state index in [-0.39, 0.29) is 27.2 Å². The van der Waals surface area contributed by atoms with E-state index in [1.54, 1.807) is 12.1 Å². The van der Waals surface area contributed by atoms with Crippen LogP contribution in [0.2, 0.25) is 10.0 Å². The van der Waals surface area contributed by atoms with E-state index in [2.05, 4.69) is 10.1 Å². The van der Waals surface area contributed by atoms with Gasteiger partial charge in [-0.1, -0.05) is 35.3 Å². The maximum atomic E-state index is 13.2. The molecule has 4 rings (SSSR count). The van der Waals surface area contributed by atoms with Gasteiger partial charge in [0.1, 0.15) is 11.2 Å². The van der Waals surface area contributed by atoms with E-state index in [9.17, 15) is 18.0 Å². The zero-order valence-electron chi connectivity index (χ0n) is 14.4. The Hall–Kier alpha value is -2.90. The second-order valence-electron chi connectivity index (χ2n) is 6.14. The molecule has 29 heavy (non-hydrogen) atoms. The van der Waals surface area contributed by atoms with Crippen LogP contribution in [0.1, 0.15) is 5.56 Å². The summed E-state index contributed by atoms with van der Waals surface area (Å²) in [5, 5.41) is 5.02. The predicted molar refractivity (Wildman–Crippen MR) is 106 cm³/mol. The molecular formula is C20H10Cl2F3N3O.